The van der Waals surface area contributed by atoms with E-state index < -0.39 is 47.3 Å². The van der Waals surface area contributed by atoms with Gasteiger partial charge < -0.3 is 48.1 Å². The molecule has 0 spiro atoms. The first-order valence-electron chi connectivity index (χ1n) is 13.3. The highest BCUT2D eigenvalue weighted by Crippen LogP contribution is 2.39. The summed E-state index contributed by atoms with van der Waals surface area (Å²) in [5, 5.41) is 19.7. The van der Waals surface area contributed by atoms with Crippen molar-refractivity contribution in [2.24, 2.45) is 11.8 Å². The lowest BCUT2D eigenvalue weighted by Gasteiger charge is -2.32. The Balaban J connectivity index is 0.000000240. The average Bonchev–Trinajstić information content (AvgIpc) is 2.93. The molecule has 2 aliphatic heterocycles. The van der Waals surface area contributed by atoms with Gasteiger partial charge >= 0.3 is 23.9 Å². The third-order valence-corrected chi connectivity index (χ3v) is 6.48. The summed E-state index contributed by atoms with van der Waals surface area (Å²) in [6.07, 6.45) is 0.113. The number of ether oxygens (including phenoxy) is 8. The summed E-state index contributed by atoms with van der Waals surface area (Å²) in [6, 6.07) is 6.10. The van der Waals surface area contributed by atoms with E-state index in [1.54, 1.807) is 0 Å². The van der Waals surface area contributed by atoms with Crippen LogP contribution in [0.2, 0.25) is 0 Å². The number of benzene rings is 2. The number of methoxy groups -OCH3 is 4. The summed E-state index contributed by atoms with van der Waals surface area (Å²) in [4.78, 5) is 47.9. The molecular weight excluding hydrogens is 584 g/mol. The molecule has 2 saturated heterocycles. The molecule has 2 aliphatic rings. The minimum Gasteiger partial charge on any atom is -0.502 e. The van der Waals surface area contributed by atoms with Crippen molar-refractivity contribution in [3.05, 3.63) is 35.4 Å². The molecule has 2 heterocycles. The molecular formula is C30H36O14. The zero-order chi connectivity index (χ0) is 33.0. The second kappa shape index (κ2) is 13.2. The number of phenolic OH excluding ortho intramolecular Hbond substituents is 2. The predicted octanol–water partition coefficient (Wildman–Crippen LogP) is 2.81. The number of rotatable bonds is 8. The van der Waals surface area contributed by atoms with Crippen LogP contribution in [0.3, 0.4) is 0 Å². The lowest BCUT2D eigenvalue weighted by atomic mass is 9.97. The number of aromatic hydroxyl groups is 2. The van der Waals surface area contributed by atoms with Crippen molar-refractivity contribution in [1.82, 2.24) is 0 Å². The number of esters is 4. The Morgan fingerprint density at radius 2 is 0.773 bits per heavy atom. The van der Waals surface area contributed by atoms with E-state index in [4.69, 9.17) is 37.9 Å². The summed E-state index contributed by atoms with van der Waals surface area (Å²) < 4.78 is 40.5. The molecule has 240 valence electrons. The molecule has 0 aromatic heterocycles. The van der Waals surface area contributed by atoms with Crippen molar-refractivity contribution in [2.45, 2.75) is 52.1 Å². The predicted molar refractivity (Wildman–Crippen MR) is 149 cm³/mol. The SMILES string of the molecule is COc1cc(CC2C(=O)OC(C)(C)OC2=O)cc(OC)c1O.COc1cc(CC2C(=O)OC(C)(C)OC2=O)cc(OC)c1O. The lowest BCUT2D eigenvalue weighted by molar-refractivity contribution is -0.241. The monoisotopic (exact) mass is 620 g/mol. The summed E-state index contributed by atoms with van der Waals surface area (Å²) in [7, 11) is 5.57. The van der Waals surface area contributed by atoms with Gasteiger partial charge in [0, 0.05) is 27.7 Å². The van der Waals surface area contributed by atoms with E-state index in [9.17, 15) is 29.4 Å². The van der Waals surface area contributed by atoms with Gasteiger partial charge in [-0.25, -0.2) is 0 Å². The van der Waals surface area contributed by atoms with Gasteiger partial charge in [0.25, 0.3) is 11.6 Å². The van der Waals surface area contributed by atoms with Gasteiger partial charge in [0.2, 0.25) is 11.5 Å². The summed E-state index contributed by atoms with van der Waals surface area (Å²) >= 11 is 0. The van der Waals surface area contributed by atoms with Crippen LogP contribution >= 0.6 is 0 Å². The molecule has 0 unspecified atom stereocenters. The molecule has 14 nitrogen and oxygen atoms in total. The molecule has 2 N–H and O–H groups in total. The standard InChI is InChI=1S/2C15H18O7/c2*1-15(2)21-13(17)9(14(18)22-15)5-8-6-10(19-3)12(16)11(7-8)20-4/h2*6-7,9,16H,5H2,1-4H3. The van der Waals surface area contributed by atoms with E-state index in [1.807, 2.05) is 0 Å². The Hall–Kier alpha value is -4.88. The van der Waals surface area contributed by atoms with E-state index >= 15 is 0 Å². The molecule has 44 heavy (non-hydrogen) atoms. The second-order valence-electron chi connectivity index (χ2n) is 10.7. The van der Waals surface area contributed by atoms with Gasteiger partial charge in [-0.3, -0.25) is 19.2 Å². The van der Waals surface area contributed by atoms with Gasteiger partial charge in [-0.05, 0) is 48.2 Å². The highest BCUT2D eigenvalue weighted by molar-refractivity contribution is 5.97. The van der Waals surface area contributed by atoms with Crippen LogP contribution in [-0.2, 0) is 51.0 Å². The normalized spacial score (nSPS) is 17.6. The highest BCUT2D eigenvalue weighted by Gasteiger charge is 2.44. The van der Waals surface area contributed by atoms with Gasteiger partial charge in [0.15, 0.2) is 34.8 Å². The molecule has 0 bridgehead atoms. The van der Waals surface area contributed by atoms with Gasteiger partial charge in [-0.2, -0.15) is 0 Å². The number of cyclic esters (lactones) is 4. The topological polar surface area (TPSA) is 183 Å². The molecule has 2 fully saturated rings. The number of carbonyl (C=O) groups excluding carboxylic acids is 4. The minimum absolute atomic E-state index is 0.0563. The van der Waals surface area contributed by atoms with E-state index in [1.165, 1.54) is 80.4 Å². The van der Waals surface area contributed by atoms with Gasteiger partial charge in [0.1, 0.15) is 0 Å². The minimum atomic E-state index is -1.25. The average molecular weight is 621 g/mol. The summed E-state index contributed by atoms with van der Waals surface area (Å²) in [5.41, 5.74) is 1.15. The van der Waals surface area contributed by atoms with Crippen LogP contribution in [0.15, 0.2) is 24.3 Å². The molecule has 2 aromatic rings. The Kier molecular flexibility index (Phi) is 10.1. The number of phenols is 2. The van der Waals surface area contributed by atoms with Gasteiger partial charge in [-0.1, -0.05) is 0 Å². The maximum atomic E-state index is 12.0. The molecule has 0 atom stereocenters. The summed E-state index contributed by atoms with van der Waals surface area (Å²) in [5.74, 6) is -6.77. The first-order valence-corrected chi connectivity index (χ1v) is 13.3. The molecule has 0 amide bonds. The Labute approximate surface area is 253 Å². The van der Waals surface area contributed by atoms with Crippen LogP contribution in [0.25, 0.3) is 0 Å². The van der Waals surface area contributed by atoms with E-state index in [0.717, 1.165) is 0 Å². The highest BCUT2D eigenvalue weighted by atomic mass is 16.8. The van der Waals surface area contributed by atoms with Gasteiger partial charge in [-0.15, -0.1) is 0 Å². The molecule has 0 saturated carbocycles. The van der Waals surface area contributed by atoms with Crippen molar-refractivity contribution < 1.29 is 67.3 Å². The number of carbonyl (C=O) groups is 4. The first kappa shape index (κ1) is 33.6. The zero-order valence-electron chi connectivity index (χ0n) is 25.7. The van der Waals surface area contributed by atoms with E-state index in [2.05, 4.69) is 0 Å². The van der Waals surface area contributed by atoms with Crippen molar-refractivity contribution in [3.8, 4) is 34.5 Å². The first-order chi connectivity index (χ1) is 20.5. The van der Waals surface area contributed by atoms with Crippen LogP contribution in [0.1, 0.15) is 38.8 Å². The maximum Gasteiger partial charge on any atom is 0.323 e. The molecule has 2 aromatic carbocycles. The maximum absolute atomic E-state index is 12.0. The van der Waals surface area contributed by atoms with Crippen molar-refractivity contribution in [1.29, 1.82) is 0 Å². The van der Waals surface area contributed by atoms with Crippen LogP contribution in [0.5, 0.6) is 34.5 Å². The number of hydrogen-bond acceptors (Lipinski definition) is 14. The quantitative estimate of drug-likeness (QED) is 0.324. The largest absolute Gasteiger partial charge is 0.502 e. The number of hydrogen-bond donors (Lipinski definition) is 2. The fourth-order valence-corrected chi connectivity index (χ4v) is 4.42. The fourth-order valence-electron chi connectivity index (χ4n) is 4.42. The van der Waals surface area contributed by atoms with E-state index in [-0.39, 0.29) is 47.3 Å². The van der Waals surface area contributed by atoms with E-state index in [0.29, 0.717) is 11.1 Å². The second-order valence-corrected chi connectivity index (χ2v) is 10.7. The Bertz CT molecular complexity index is 1230. The molecule has 14 heteroatoms. The summed E-state index contributed by atoms with van der Waals surface area (Å²) in [6.45, 7) is 5.97. The fraction of sp³-hybridized carbons (Fsp3) is 0.467. The third-order valence-electron chi connectivity index (χ3n) is 6.48. The van der Waals surface area contributed by atoms with Crippen molar-refractivity contribution in [3.63, 3.8) is 0 Å². The smallest absolute Gasteiger partial charge is 0.323 e. The lowest BCUT2D eigenvalue weighted by Crippen LogP contribution is -2.46. The van der Waals surface area contributed by atoms with Crippen LogP contribution in [0.4, 0.5) is 0 Å². The Morgan fingerprint density at radius 3 is 0.977 bits per heavy atom. The third kappa shape index (κ3) is 7.74. The molecule has 4 rings (SSSR count). The molecule has 0 radical (unpaired) electrons. The zero-order valence-corrected chi connectivity index (χ0v) is 25.7. The van der Waals surface area contributed by atoms with Crippen molar-refractivity contribution >= 4 is 23.9 Å². The van der Waals surface area contributed by atoms with Crippen LogP contribution < -0.4 is 18.9 Å². The van der Waals surface area contributed by atoms with Crippen LogP contribution in [-0.4, -0.2) is 74.1 Å². The molecule has 0 aliphatic carbocycles. The Morgan fingerprint density at radius 1 is 0.545 bits per heavy atom. The van der Waals surface area contributed by atoms with Gasteiger partial charge in [0.05, 0.1) is 28.4 Å². The van der Waals surface area contributed by atoms with Crippen molar-refractivity contribution in [2.75, 3.05) is 28.4 Å². The van der Waals surface area contributed by atoms with Crippen LogP contribution in [0, 0.1) is 11.8 Å².